The first kappa shape index (κ1) is 24.0. The zero-order chi connectivity index (χ0) is 25.1. The molecule has 1 aliphatic rings. The van der Waals surface area contributed by atoms with Crippen LogP contribution in [0.5, 0.6) is 5.75 Å². The Balaban J connectivity index is 1.65. The fourth-order valence-corrected chi connectivity index (χ4v) is 3.88. The smallest absolute Gasteiger partial charge is 0.343 e. The number of carbonyl (C=O) groups excluding carboxylic acids is 2. The highest BCUT2D eigenvalue weighted by molar-refractivity contribution is 5.95. The molecule has 0 spiro atoms. The van der Waals surface area contributed by atoms with Crippen molar-refractivity contribution in [3.8, 4) is 5.75 Å². The number of halogens is 3. The van der Waals surface area contributed by atoms with Gasteiger partial charge in [-0.05, 0) is 18.2 Å². The van der Waals surface area contributed by atoms with Crippen LogP contribution in [0.4, 0.5) is 13.2 Å². The zero-order valence-electron chi connectivity index (χ0n) is 18.6. The highest BCUT2D eigenvalue weighted by atomic mass is 19.2. The van der Waals surface area contributed by atoms with E-state index in [4.69, 9.17) is 9.47 Å². The number of fused-ring (bicyclic) bond motifs is 1. The number of hydrogen-bond acceptors (Lipinski definition) is 6. The standard InChI is InChI=1S/C24H20F3N3O5/c1-34-24(33)22-19-5-7-29(23(32)15-10-17(26)18(27)11-16(15)25)8-9-30(19)21(31)12-20(22)35-13-14-4-2-3-6-28-14/h2-4,6,10-12H,5,7-9,13H2,1H3. The highest BCUT2D eigenvalue weighted by Crippen LogP contribution is 2.25. The lowest BCUT2D eigenvalue weighted by Gasteiger charge is -2.20. The molecule has 0 radical (unpaired) electrons. The molecule has 35 heavy (non-hydrogen) atoms. The van der Waals surface area contributed by atoms with E-state index in [9.17, 15) is 27.6 Å². The van der Waals surface area contributed by atoms with E-state index >= 15 is 0 Å². The summed E-state index contributed by atoms with van der Waals surface area (Å²) in [6.07, 6.45) is 1.60. The van der Waals surface area contributed by atoms with Crippen LogP contribution in [0.25, 0.3) is 0 Å². The molecule has 2 aromatic heterocycles. The van der Waals surface area contributed by atoms with Crippen molar-refractivity contribution in [3.05, 3.63) is 92.9 Å². The third-order valence-electron chi connectivity index (χ3n) is 5.61. The van der Waals surface area contributed by atoms with Crippen LogP contribution in [-0.4, -0.2) is 46.5 Å². The van der Waals surface area contributed by atoms with Crippen molar-refractivity contribution in [1.29, 1.82) is 0 Å². The van der Waals surface area contributed by atoms with Gasteiger partial charge in [-0.3, -0.25) is 14.6 Å². The summed E-state index contributed by atoms with van der Waals surface area (Å²) in [7, 11) is 1.19. The third kappa shape index (κ3) is 4.88. The minimum absolute atomic E-state index is 0.00480. The predicted octanol–water partition coefficient (Wildman–Crippen LogP) is 2.72. The summed E-state index contributed by atoms with van der Waals surface area (Å²) in [6, 6.07) is 7.18. The Morgan fingerprint density at radius 1 is 1.03 bits per heavy atom. The van der Waals surface area contributed by atoms with Gasteiger partial charge in [-0.1, -0.05) is 6.07 Å². The Hall–Kier alpha value is -4.15. The van der Waals surface area contributed by atoms with Crippen molar-refractivity contribution in [2.75, 3.05) is 20.2 Å². The summed E-state index contributed by atoms with van der Waals surface area (Å²) in [5.74, 6) is -5.57. The maximum atomic E-state index is 14.2. The van der Waals surface area contributed by atoms with Crippen molar-refractivity contribution >= 4 is 11.9 Å². The number of amides is 1. The van der Waals surface area contributed by atoms with Gasteiger partial charge in [0.2, 0.25) is 0 Å². The monoisotopic (exact) mass is 487 g/mol. The topological polar surface area (TPSA) is 90.7 Å². The number of nitrogens with zero attached hydrogens (tertiary/aromatic N) is 3. The SMILES string of the molecule is COC(=O)c1c(OCc2ccccn2)cc(=O)n2c1CCN(C(=O)c1cc(F)c(F)cc1F)CC2. The van der Waals surface area contributed by atoms with E-state index in [-0.39, 0.29) is 49.7 Å². The largest absolute Gasteiger partial charge is 0.486 e. The van der Waals surface area contributed by atoms with Gasteiger partial charge in [-0.25, -0.2) is 18.0 Å². The van der Waals surface area contributed by atoms with Crippen molar-refractivity contribution in [2.24, 2.45) is 0 Å². The molecule has 0 bridgehead atoms. The average Bonchev–Trinajstić information content (AvgIpc) is 3.08. The molecule has 1 amide bonds. The molecule has 0 saturated carbocycles. The van der Waals surface area contributed by atoms with Crippen LogP contribution in [-0.2, 0) is 24.3 Å². The lowest BCUT2D eigenvalue weighted by atomic mass is 10.1. The summed E-state index contributed by atoms with van der Waals surface area (Å²) in [6.45, 7) is -0.0766. The average molecular weight is 487 g/mol. The normalized spacial score (nSPS) is 13.1. The maximum Gasteiger partial charge on any atom is 0.343 e. The van der Waals surface area contributed by atoms with Crippen molar-refractivity contribution in [1.82, 2.24) is 14.5 Å². The Morgan fingerprint density at radius 2 is 1.80 bits per heavy atom. The van der Waals surface area contributed by atoms with Crippen LogP contribution >= 0.6 is 0 Å². The maximum absolute atomic E-state index is 14.2. The Labute approximate surface area is 197 Å². The predicted molar refractivity (Wildman–Crippen MR) is 117 cm³/mol. The van der Waals surface area contributed by atoms with Gasteiger partial charge in [0.25, 0.3) is 11.5 Å². The molecule has 0 aliphatic carbocycles. The number of benzene rings is 1. The highest BCUT2D eigenvalue weighted by Gasteiger charge is 2.29. The number of aromatic nitrogens is 2. The molecule has 0 saturated heterocycles. The summed E-state index contributed by atoms with van der Waals surface area (Å²) in [5.41, 5.74) is -0.229. The second kappa shape index (κ2) is 10.00. The number of rotatable bonds is 5. The van der Waals surface area contributed by atoms with Gasteiger partial charge in [-0.15, -0.1) is 0 Å². The molecule has 0 fully saturated rings. The molecule has 11 heteroatoms. The van der Waals surface area contributed by atoms with Gasteiger partial charge in [0.05, 0.1) is 18.4 Å². The first-order valence-electron chi connectivity index (χ1n) is 10.6. The summed E-state index contributed by atoms with van der Waals surface area (Å²) in [5, 5.41) is 0. The molecule has 3 aromatic rings. The molecule has 8 nitrogen and oxygen atoms in total. The van der Waals surface area contributed by atoms with E-state index in [0.29, 0.717) is 17.8 Å². The Kier molecular flexibility index (Phi) is 6.85. The number of ether oxygens (including phenoxy) is 2. The summed E-state index contributed by atoms with van der Waals surface area (Å²) < 4.78 is 53.0. The second-order valence-electron chi connectivity index (χ2n) is 7.71. The molecule has 0 atom stereocenters. The lowest BCUT2D eigenvalue weighted by molar-refractivity contribution is 0.0592. The van der Waals surface area contributed by atoms with E-state index in [1.807, 2.05) is 0 Å². The number of hydrogen-bond donors (Lipinski definition) is 0. The number of carbonyl (C=O) groups is 2. The van der Waals surface area contributed by atoms with Crippen LogP contribution in [0.15, 0.2) is 47.4 Å². The van der Waals surface area contributed by atoms with Gasteiger partial charge in [0.15, 0.2) is 11.6 Å². The van der Waals surface area contributed by atoms with Crippen LogP contribution in [0.1, 0.15) is 32.1 Å². The number of methoxy groups -OCH3 is 1. The van der Waals surface area contributed by atoms with Crippen LogP contribution in [0, 0.1) is 17.5 Å². The molecule has 182 valence electrons. The van der Waals surface area contributed by atoms with E-state index in [1.165, 1.54) is 16.6 Å². The molecule has 1 aliphatic heterocycles. The van der Waals surface area contributed by atoms with Crippen molar-refractivity contribution in [3.63, 3.8) is 0 Å². The van der Waals surface area contributed by atoms with E-state index < -0.39 is 40.5 Å². The summed E-state index contributed by atoms with van der Waals surface area (Å²) in [4.78, 5) is 43.7. The molecular weight excluding hydrogens is 467 g/mol. The van der Waals surface area contributed by atoms with Crippen LogP contribution in [0.2, 0.25) is 0 Å². The number of esters is 1. The first-order chi connectivity index (χ1) is 16.8. The van der Waals surface area contributed by atoms with E-state index in [2.05, 4.69) is 4.98 Å². The molecule has 0 unspecified atom stereocenters. The fraction of sp³-hybridized carbons (Fsp3) is 0.250. The van der Waals surface area contributed by atoms with Crippen molar-refractivity contribution in [2.45, 2.75) is 19.6 Å². The first-order valence-corrected chi connectivity index (χ1v) is 10.6. The van der Waals surface area contributed by atoms with E-state index in [1.54, 1.807) is 24.4 Å². The summed E-state index contributed by atoms with van der Waals surface area (Å²) >= 11 is 0. The van der Waals surface area contributed by atoms with Gasteiger partial charge in [-0.2, -0.15) is 0 Å². The minimum Gasteiger partial charge on any atom is -0.486 e. The van der Waals surface area contributed by atoms with Crippen LogP contribution < -0.4 is 10.3 Å². The fourth-order valence-electron chi connectivity index (χ4n) is 3.88. The second-order valence-corrected chi connectivity index (χ2v) is 7.71. The molecule has 3 heterocycles. The zero-order valence-corrected chi connectivity index (χ0v) is 18.6. The van der Waals surface area contributed by atoms with E-state index in [0.717, 1.165) is 6.07 Å². The Bertz CT molecular complexity index is 1340. The molecule has 0 N–H and O–H groups in total. The quantitative estimate of drug-likeness (QED) is 0.406. The van der Waals surface area contributed by atoms with Gasteiger partial charge in [0.1, 0.15) is 23.7 Å². The molecule has 1 aromatic carbocycles. The van der Waals surface area contributed by atoms with Gasteiger partial charge in [0, 0.05) is 50.1 Å². The van der Waals surface area contributed by atoms with Gasteiger partial charge >= 0.3 is 5.97 Å². The van der Waals surface area contributed by atoms with Gasteiger partial charge < -0.3 is 18.9 Å². The minimum atomic E-state index is -1.41. The molecule has 4 rings (SSSR count). The molecular formula is C24H20F3N3O5. The lowest BCUT2D eigenvalue weighted by Crippen LogP contribution is -2.35. The number of pyridine rings is 2. The third-order valence-corrected chi connectivity index (χ3v) is 5.61. The van der Waals surface area contributed by atoms with Crippen LogP contribution in [0.3, 0.4) is 0 Å². The van der Waals surface area contributed by atoms with Crippen molar-refractivity contribution < 1.29 is 32.2 Å². The Morgan fingerprint density at radius 3 is 2.51 bits per heavy atom.